The molecule has 3 aromatic carbocycles. The minimum atomic E-state index is -3.84. The van der Waals surface area contributed by atoms with E-state index in [0.717, 1.165) is 11.1 Å². The highest BCUT2D eigenvalue weighted by Gasteiger charge is 2.17. The van der Waals surface area contributed by atoms with Crippen molar-refractivity contribution in [2.75, 3.05) is 4.72 Å². The summed E-state index contributed by atoms with van der Waals surface area (Å²) in [6.07, 6.45) is 0.583. The van der Waals surface area contributed by atoms with Crippen molar-refractivity contribution < 1.29 is 13.3 Å². The van der Waals surface area contributed by atoms with Crippen LogP contribution in [0.4, 0.5) is 11.4 Å². The van der Waals surface area contributed by atoms with Gasteiger partial charge in [0.1, 0.15) is 0 Å². The van der Waals surface area contributed by atoms with Gasteiger partial charge in [-0.3, -0.25) is 14.8 Å². The third-order valence-electron chi connectivity index (χ3n) is 3.86. The van der Waals surface area contributed by atoms with Crippen molar-refractivity contribution in [3.8, 4) is 0 Å². The van der Waals surface area contributed by atoms with Gasteiger partial charge in [0.2, 0.25) is 0 Å². The molecule has 1 N–H and O–H groups in total. The lowest BCUT2D eigenvalue weighted by molar-refractivity contribution is -0.384. The van der Waals surface area contributed by atoms with Crippen LogP contribution in [-0.2, 0) is 16.4 Å². The summed E-state index contributed by atoms with van der Waals surface area (Å²) in [5, 5.41) is 10.7. The molecule has 0 aromatic heterocycles. The number of benzene rings is 3. The van der Waals surface area contributed by atoms with Crippen LogP contribution < -0.4 is 4.72 Å². The molecule has 0 heterocycles. The highest BCUT2D eigenvalue weighted by atomic mass is 32.2. The van der Waals surface area contributed by atoms with E-state index in [-0.39, 0.29) is 10.6 Å². The minimum Gasteiger partial charge on any atom is -0.279 e. The maximum Gasteiger partial charge on any atom is 0.269 e. The Morgan fingerprint density at radius 2 is 1.46 bits per heavy atom. The number of hydrogen-bond acceptors (Lipinski definition) is 4. The fourth-order valence-electron chi connectivity index (χ4n) is 2.54. The van der Waals surface area contributed by atoms with E-state index in [1.54, 1.807) is 12.1 Å². The van der Waals surface area contributed by atoms with Crippen molar-refractivity contribution in [1.29, 1.82) is 0 Å². The molecule has 7 heteroatoms. The van der Waals surface area contributed by atoms with Crippen LogP contribution in [0, 0.1) is 10.1 Å². The number of rotatable bonds is 6. The van der Waals surface area contributed by atoms with E-state index in [1.165, 1.54) is 24.3 Å². The molecule has 0 aliphatic heterocycles. The smallest absolute Gasteiger partial charge is 0.269 e. The zero-order chi connectivity index (χ0) is 18.6. The van der Waals surface area contributed by atoms with E-state index < -0.39 is 14.9 Å². The van der Waals surface area contributed by atoms with Gasteiger partial charge in [-0.15, -0.1) is 0 Å². The predicted molar refractivity (Wildman–Crippen MR) is 99.6 cm³/mol. The number of nitrogens with one attached hydrogen (secondary N) is 1. The lowest BCUT2D eigenvalue weighted by atomic mass is 10.0. The highest BCUT2D eigenvalue weighted by Crippen LogP contribution is 2.23. The number of nitro groups is 1. The minimum absolute atomic E-state index is 0.0300. The van der Waals surface area contributed by atoms with Crippen LogP contribution in [0.15, 0.2) is 83.8 Å². The summed E-state index contributed by atoms with van der Waals surface area (Å²) < 4.78 is 27.8. The number of non-ortho nitro benzene ring substituents is 1. The Morgan fingerprint density at radius 1 is 0.846 bits per heavy atom. The molecule has 0 spiro atoms. The number of anilines is 1. The zero-order valence-corrected chi connectivity index (χ0v) is 14.5. The molecule has 0 atom stereocenters. The first-order valence-electron chi connectivity index (χ1n) is 7.85. The molecule has 3 aromatic rings. The van der Waals surface area contributed by atoms with E-state index in [4.69, 9.17) is 0 Å². The Bertz CT molecular complexity index is 1020. The lowest BCUT2D eigenvalue weighted by Gasteiger charge is -2.13. The van der Waals surface area contributed by atoms with E-state index in [2.05, 4.69) is 4.72 Å². The number of nitro benzene ring substituents is 1. The fourth-order valence-corrected chi connectivity index (χ4v) is 3.64. The Labute approximate surface area is 151 Å². The van der Waals surface area contributed by atoms with Gasteiger partial charge in [-0.1, -0.05) is 48.5 Å². The van der Waals surface area contributed by atoms with Crippen LogP contribution in [0.2, 0.25) is 0 Å². The molecule has 0 aliphatic rings. The van der Waals surface area contributed by atoms with Gasteiger partial charge in [0, 0.05) is 12.1 Å². The summed E-state index contributed by atoms with van der Waals surface area (Å²) in [5.41, 5.74) is 2.22. The molecule has 0 saturated carbocycles. The molecule has 3 rings (SSSR count). The topological polar surface area (TPSA) is 89.3 Å². The van der Waals surface area contributed by atoms with Crippen LogP contribution in [-0.4, -0.2) is 13.3 Å². The fraction of sp³-hybridized carbons (Fsp3) is 0.0526. The average Bonchev–Trinajstić information content (AvgIpc) is 2.64. The first-order valence-corrected chi connectivity index (χ1v) is 9.33. The van der Waals surface area contributed by atoms with Crippen molar-refractivity contribution in [3.05, 3.63) is 100 Å². The second-order valence-electron chi connectivity index (χ2n) is 5.68. The van der Waals surface area contributed by atoms with Crippen LogP contribution in [0.5, 0.6) is 0 Å². The molecule has 0 radical (unpaired) electrons. The SMILES string of the molecule is O=[N+]([O-])c1ccc(S(=O)(=O)Nc2ccccc2Cc2ccccc2)cc1. The third kappa shape index (κ3) is 4.07. The molecular formula is C19H16N2O4S. The number of hydrogen-bond donors (Lipinski definition) is 1. The van der Waals surface area contributed by atoms with Crippen molar-refractivity contribution in [2.24, 2.45) is 0 Å². The maximum atomic E-state index is 12.6. The van der Waals surface area contributed by atoms with Crippen LogP contribution >= 0.6 is 0 Å². The molecule has 0 saturated heterocycles. The first-order chi connectivity index (χ1) is 12.5. The lowest BCUT2D eigenvalue weighted by Crippen LogP contribution is -2.14. The number of sulfonamides is 1. The predicted octanol–water partition coefficient (Wildman–Crippen LogP) is 3.99. The van der Waals surface area contributed by atoms with Gasteiger partial charge in [0.25, 0.3) is 15.7 Å². The Kier molecular flexibility index (Phi) is 4.99. The average molecular weight is 368 g/mol. The van der Waals surface area contributed by atoms with E-state index in [0.29, 0.717) is 12.1 Å². The standard InChI is InChI=1S/C19H16N2O4S/c22-21(23)17-10-12-18(13-11-17)26(24,25)20-19-9-5-4-8-16(19)14-15-6-2-1-3-7-15/h1-13,20H,14H2. The summed E-state index contributed by atoms with van der Waals surface area (Å²) in [6.45, 7) is 0. The number of nitrogens with zero attached hydrogens (tertiary/aromatic N) is 1. The van der Waals surface area contributed by atoms with E-state index in [9.17, 15) is 18.5 Å². The summed E-state index contributed by atoms with van der Waals surface area (Å²) in [7, 11) is -3.84. The quantitative estimate of drug-likeness (QED) is 0.526. The van der Waals surface area contributed by atoms with Crippen molar-refractivity contribution in [1.82, 2.24) is 0 Å². The molecule has 0 unspecified atom stereocenters. The van der Waals surface area contributed by atoms with E-state index >= 15 is 0 Å². The first kappa shape index (κ1) is 17.6. The molecule has 6 nitrogen and oxygen atoms in total. The highest BCUT2D eigenvalue weighted by molar-refractivity contribution is 7.92. The molecule has 0 bridgehead atoms. The molecule has 26 heavy (non-hydrogen) atoms. The normalized spacial score (nSPS) is 11.1. The van der Waals surface area contributed by atoms with Gasteiger partial charge >= 0.3 is 0 Å². The van der Waals surface area contributed by atoms with Gasteiger partial charge in [-0.05, 0) is 35.7 Å². The van der Waals surface area contributed by atoms with Gasteiger partial charge in [0.05, 0.1) is 15.5 Å². The van der Waals surface area contributed by atoms with Gasteiger partial charge < -0.3 is 0 Å². The molecule has 132 valence electrons. The number of para-hydroxylation sites is 1. The van der Waals surface area contributed by atoms with E-state index in [1.807, 2.05) is 42.5 Å². The van der Waals surface area contributed by atoms with Crippen molar-refractivity contribution in [3.63, 3.8) is 0 Å². The van der Waals surface area contributed by atoms with Gasteiger partial charge in [-0.2, -0.15) is 0 Å². The van der Waals surface area contributed by atoms with Gasteiger partial charge in [-0.25, -0.2) is 8.42 Å². The maximum absolute atomic E-state index is 12.6. The summed E-state index contributed by atoms with van der Waals surface area (Å²) in [5.74, 6) is 0. The van der Waals surface area contributed by atoms with Crippen LogP contribution in [0.1, 0.15) is 11.1 Å². The summed E-state index contributed by atoms with van der Waals surface area (Å²) >= 11 is 0. The Hall–Kier alpha value is -3.19. The Morgan fingerprint density at radius 3 is 2.12 bits per heavy atom. The second-order valence-corrected chi connectivity index (χ2v) is 7.36. The molecule has 0 aliphatic carbocycles. The molecular weight excluding hydrogens is 352 g/mol. The summed E-state index contributed by atoms with van der Waals surface area (Å²) in [6, 6.07) is 21.7. The monoisotopic (exact) mass is 368 g/mol. The third-order valence-corrected chi connectivity index (χ3v) is 5.24. The van der Waals surface area contributed by atoms with Crippen LogP contribution in [0.3, 0.4) is 0 Å². The van der Waals surface area contributed by atoms with Gasteiger partial charge in [0.15, 0.2) is 0 Å². The summed E-state index contributed by atoms with van der Waals surface area (Å²) in [4.78, 5) is 10.1. The second kappa shape index (κ2) is 7.37. The largest absolute Gasteiger partial charge is 0.279 e. The Balaban J connectivity index is 1.87. The molecule has 0 fully saturated rings. The van der Waals surface area contributed by atoms with Crippen LogP contribution in [0.25, 0.3) is 0 Å². The van der Waals surface area contributed by atoms with Crippen molar-refractivity contribution in [2.45, 2.75) is 11.3 Å². The zero-order valence-electron chi connectivity index (χ0n) is 13.7. The van der Waals surface area contributed by atoms with Crippen molar-refractivity contribution >= 4 is 21.4 Å². The molecule has 0 amide bonds.